The molecule has 0 saturated carbocycles. The molecule has 0 amide bonds. The van der Waals surface area contributed by atoms with Gasteiger partial charge in [0.1, 0.15) is 0 Å². The van der Waals surface area contributed by atoms with Crippen LogP contribution >= 0.6 is 0 Å². The van der Waals surface area contributed by atoms with E-state index in [1.165, 1.54) is 19.4 Å². The Hall–Kier alpha value is -0.340. The second-order valence-electron chi connectivity index (χ2n) is 4.26. The molecular weight excluding hydrogens is 172 g/mol. The number of nitrogens with one attached hydrogen (secondary N) is 1. The Kier molecular flexibility index (Phi) is 7.81. The fourth-order valence-corrected chi connectivity index (χ4v) is 1.16. The van der Waals surface area contributed by atoms with Gasteiger partial charge in [0.15, 0.2) is 0 Å². The smallest absolute Gasteiger partial charge is 0.0219 e. The summed E-state index contributed by atoms with van der Waals surface area (Å²) < 4.78 is 0. The topological polar surface area (TPSA) is 15.3 Å². The monoisotopic (exact) mass is 198 g/mol. The summed E-state index contributed by atoms with van der Waals surface area (Å²) in [6.45, 7) is 12.6. The summed E-state index contributed by atoms with van der Waals surface area (Å²) in [5.74, 6) is 0. The van der Waals surface area contributed by atoms with Crippen LogP contribution < -0.4 is 5.32 Å². The van der Waals surface area contributed by atoms with Gasteiger partial charge in [-0.25, -0.2) is 0 Å². The van der Waals surface area contributed by atoms with Crippen LogP contribution in [0.3, 0.4) is 0 Å². The first-order chi connectivity index (χ1) is 6.57. The van der Waals surface area contributed by atoms with Crippen molar-refractivity contribution in [3.63, 3.8) is 0 Å². The van der Waals surface area contributed by atoms with Crippen LogP contribution in [0.5, 0.6) is 0 Å². The molecule has 0 bridgehead atoms. The molecule has 0 aromatic rings. The summed E-state index contributed by atoms with van der Waals surface area (Å²) in [7, 11) is 2.18. The third-order valence-corrected chi connectivity index (χ3v) is 2.64. The van der Waals surface area contributed by atoms with Crippen molar-refractivity contribution in [2.45, 2.75) is 45.7 Å². The molecule has 0 aliphatic carbocycles. The fraction of sp³-hybridized carbons (Fsp3) is 0.833. The van der Waals surface area contributed by atoms with E-state index in [1.807, 2.05) is 6.08 Å². The maximum absolute atomic E-state index is 3.74. The van der Waals surface area contributed by atoms with Crippen LogP contribution in [0.25, 0.3) is 0 Å². The Morgan fingerprint density at radius 2 is 1.93 bits per heavy atom. The van der Waals surface area contributed by atoms with Gasteiger partial charge >= 0.3 is 0 Å². The maximum Gasteiger partial charge on any atom is 0.0219 e. The Bertz CT molecular complexity index is 143. The first-order valence-electron chi connectivity index (χ1n) is 5.64. The molecule has 0 saturated heterocycles. The normalized spacial score (nSPS) is 13.6. The van der Waals surface area contributed by atoms with Crippen molar-refractivity contribution in [2.75, 3.05) is 20.1 Å². The van der Waals surface area contributed by atoms with Gasteiger partial charge in [-0.3, -0.25) is 0 Å². The molecule has 0 rings (SSSR count). The van der Waals surface area contributed by atoms with Gasteiger partial charge in [-0.15, -0.1) is 6.58 Å². The highest BCUT2D eigenvalue weighted by Gasteiger charge is 2.01. The average Bonchev–Trinajstić information content (AvgIpc) is 2.16. The predicted octanol–water partition coefficient (Wildman–Crippen LogP) is 2.27. The van der Waals surface area contributed by atoms with Crippen LogP contribution in [0, 0.1) is 0 Å². The Labute approximate surface area is 89.4 Å². The SMILES string of the molecule is C=CC(C)NCCCCN(C)C(C)C. The molecule has 0 aromatic carbocycles. The minimum absolute atomic E-state index is 0.442. The van der Waals surface area contributed by atoms with Gasteiger partial charge < -0.3 is 10.2 Å². The van der Waals surface area contributed by atoms with E-state index in [4.69, 9.17) is 0 Å². The molecule has 0 fully saturated rings. The van der Waals surface area contributed by atoms with E-state index in [0.717, 1.165) is 6.54 Å². The number of rotatable bonds is 8. The number of hydrogen-bond acceptors (Lipinski definition) is 2. The third-order valence-electron chi connectivity index (χ3n) is 2.64. The van der Waals surface area contributed by atoms with Crippen molar-refractivity contribution < 1.29 is 0 Å². The zero-order valence-electron chi connectivity index (χ0n) is 10.2. The summed E-state index contributed by atoms with van der Waals surface area (Å²) in [6.07, 6.45) is 4.46. The van der Waals surface area contributed by atoms with Crippen molar-refractivity contribution in [2.24, 2.45) is 0 Å². The van der Waals surface area contributed by atoms with Gasteiger partial charge in [0, 0.05) is 12.1 Å². The van der Waals surface area contributed by atoms with Crippen LogP contribution in [-0.4, -0.2) is 37.1 Å². The van der Waals surface area contributed by atoms with Crippen LogP contribution in [0.4, 0.5) is 0 Å². The van der Waals surface area contributed by atoms with E-state index in [-0.39, 0.29) is 0 Å². The van der Waals surface area contributed by atoms with Gasteiger partial charge in [-0.05, 0) is 53.8 Å². The van der Waals surface area contributed by atoms with Crippen LogP contribution in [-0.2, 0) is 0 Å². The van der Waals surface area contributed by atoms with Gasteiger partial charge in [0.05, 0.1) is 0 Å². The highest BCUT2D eigenvalue weighted by molar-refractivity contribution is 4.80. The number of nitrogens with zero attached hydrogens (tertiary/aromatic N) is 1. The second kappa shape index (κ2) is 8.01. The second-order valence-corrected chi connectivity index (χ2v) is 4.26. The molecule has 1 unspecified atom stereocenters. The molecule has 0 radical (unpaired) electrons. The van der Waals surface area contributed by atoms with Gasteiger partial charge in [-0.2, -0.15) is 0 Å². The molecule has 0 aliphatic rings. The molecule has 0 aliphatic heterocycles. The highest BCUT2D eigenvalue weighted by Crippen LogP contribution is 1.97. The standard InChI is InChI=1S/C12H26N2/c1-6-12(4)13-9-7-8-10-14(5)11(2)3/h6,11-13H,1,7-10H2,2-5H3. The number of hydrogen-bond donors (Lipinski definition) is 1. The lowest BCUT2D eigenvalue weighted by atomic mass is 10.2. The van der Waals surface area contributed by atoms with E-state index in [9.17, 15) is 0 Å². The molecular formula is C12H26N2. The average molecular weight is 198 g/mol. The molecule has 0 heterocycles. The van der Waals surface area contributed by atoms with Crippen LogP contribution in [0.1, 0.15) is 33.6 Å². The first kappa shape index (κ1) is 13.7. The molecule has 1 N–H and O–H groups in total. The minimum atomic E-state index is 0.442. The Morgan fingerprint density at radius 1 is 1.29 bits per heavy atom. The molecule has 2 nitrogen and oxygen atoms in total. The van der Waals surface area contributed by atoms with Crippen molar-refractivity contribution in [1.82, 2.24) is 10.2 Å². The first-order valence-corrected chi connectivity index (χ1v) is 5.64. The summed E-state index contributed by atoms with van der Waals surface area (Å²) >= 11 is 0. The maximum atomic E-state index is 3.74. The van der Waals surface area contributed by atoms with Crippen molar-refractivity contribution in [1.29, 1.82) is 0 Å². The zero-order valence-corrected chi connectivity index (χ0v) is 10.2. The summed E-state index contributed by atoms with van der Waals surface area (Å²) in [6, 6.07) is 1.10. The summed E-state index contributed by atoms with van der Waals surface area (Å²) in [5, 5.41) is 3.40. The molecule has 2 heteroatoms. The largest absolute Gasteiger partial charge is 0.311 e. The van der Waals surface area contributed by atoms with Crippen molar-refractivity contribution in [3.8, 4) is 0 Å². The van der Waals surface area contributed by atoms with E-state index >= 15 is 0 Å². The molecule has 14 heavy (non-hydrogen) atoms. The highest BCUT2D eigenvalue weighted by atomic mass is 15.1. The lowest BCUT2D eigenvalue weighted by molar-refractivity contribution is 0.268. The lowest BCUT2D eigenvalue weighted by Gasteiger charge is -2.20. The summed E-state index contributed by atoms with van der Waals surface area (Å²) in [4.78, 5) is 2.39. The van der Waals surface area contributed by atoms with Gasteiger partial charge in [0.25, 0.3) is 0 Å². The fourth-order valence-electron chi connectivity index (χ4n) is 1.16. The quantitative estimate of drug-likeness (QED) is 0.475. The van der Waals surface area contributed by atoms with Crippen molar-refractivity contribution in [3.05, 3.63) is 12.7 Å². The molecule has 0 aromatic heterocycles. The number of unbranched alkanes of at least 4 members (excludes halogenated alkanes) is 1. The molecule has 1 atom stereocenters. The third kappa shape index (κ3) is 7.10. The summed E-state index contributed by atoms with van der Waals surface area (Å²) in [5.41, 5.74) is 0. The van der Waals surface area contributed by atoms with E-state index in [2.05, 4.69) is 44.6 Å². The Morgan fingerprint density at radius 3 is 2.43 bits per heavy atom. The lowest BCUT2D eigenvalue weighted by Crippen LogP contribution is -2.29. The van der Waals surface area contributed by atoms with Gasteiger partial charge in [-0.1, -0.05) is 6.08 Å². The van der Waals surface area contributed by atoms with Crippen LogP contribution in [0.2, 0.25) is 0 Å². The van der Waals surface area contributed by atoms with Crippen LogP contribution in [0.15, 0.2) is 12.7 Å². The van der Waals surface area contributed by atoms with E-state index in [0.29, 0.717) is 12.1 Å². The van der Waals surface area contributed by atoms with E-state index < -0.39 is 0 Å². The van der Waals surface area contributed by atoms with E-state index in [1.54, 1.807) is 0 Å². The predicted molar refractivity (Wildman–Crippen MR) is 64.7 cm³/mol. The van der Waals surface area contributed by atoms with Crippen molar-refractivity contribution >= 4 is 0 Å². The zero-order chi connectivity index (χ0) is 11.0. The minimum Gasteiger partial charge on any atom is -0.311 e. The molecule has 0 spiro atoms. The molecule has 84 valence electrons. The van der Waals surface area contributed by atoms with Gasteiger partial charge in [0.2, 0.25) is 0 Å². The Balaban J connectivity index is 3.25.